The van der Waals surface area contributed by atoms with Gasteiger partial charge in [-0.15, -0.1) is 11.3 Å². The zero-order chi connectivity index (χ0) is 19.5. The Bertz CT molecular complexity index is 797. The van der Waals surface area contributed by atoms with E-state index >= 15 is 0 Å². The van der Waals surface area contributed by atoms with Crippen LogP contribution < -0.4 is 5.32 Å². The summed E-state index contributed by atoms with van der Waals surface area (Å²) in [5.41, 5.74) is 1.62. The SMILES string of the molecule is CC(C)COC(=O)c1c(NC(=O)C23CC4CC(CC2C4)C3)sc2c1CCCC2. The molecule has 4 nitrogen and oxygen atoms in total. The van der Waals surface area contributed by atoms with E-state index in [1.165, 1.54) is 24.1 Å². The fourth-order valence-electron chi connectivity index (χ4n) is 6.58. The molecule has 4 fully saturated rings. The summed E-state index contributed by atoms with van der Waals surface area (Å²) in [7, 11) is 0. The highest BCUT2D eigenvalue weighted by Gasteiger charge is 2.61. The summed E-state index contributed by atoms with van der Waals surface area (Å²) in [6, 6.07) is 0. The standard InChI is InChI=1S/C23H31NO3S/c1-13(2)12-27-21(25)19-17-5-3-4-6-18(17)28-20(19)24-22(26)23-10-14-7-15(11-23)9-16(23)8-14/h13-16H,3-12H2,1-2H3,(H,24,26). The third kappa shape index (κ3) is 2.92. The lowest BCUT2D eigenvalue weighted by Gasteiger charge is -2.31. The molecule has 4 bridgehead atoms. The molecule has 5 aliphatic rings. The summed E-state index contributed by atoms with van der Waals surface area (Å²) in [6.07, 6.45) is 10.1. The minimum atomic E-state index is -0.252. The molecule has 1 N–H and O–H groups in total. The molecule has 2 atom stereocenters. The Hall–Kier alpha value is -1.36. The maximum atomic E-state index is 13.5. The largest absolute Gasteiger partial charge is 0.462 e. The van der Waals surface area contributed by atoms with Crippen LogP contribution in [0.5, 0.6) is 0 Å². The first-order valence-electron chi connectivity index (χ1n) is 11.1. The van der Waals surface area contributed by atoms with Crippen molar-refractivity contribution in [3.05, 3.63) is 16.0 Å². The fraction of sp³-hybridized carbons (Fsp3) is 0.739. The van der Waals surface area contributed by atoms with Crippen molar-refractivity contribution < 1.29 is 14.3 Å². The van der Waals surface area contributed by atoms with Crippen molar-refractivity contribution in [2.45, 2.75) is 71.6 Å². The van der Waals surface area contributed by atoms with E-state index in [4.69, 9.17) is 4.74 Å². The average molecular weight is 402 g/mol. The number of esters is 1. The second kappa shape index (κ2) is 6.86. The lowest BCUT2D eigenvalue weighted by Crippen LogP contribution is -2.37. The highest BCUT2D eigenvalue weighted by atomic mass is 32.1. The summed E-state index contributed by atoms with van der Waals surface area (Å²) >= 11 is 1.62. The third-order valence-corrected chi connectivity index (χ3v) is 8.80. The van der Waals surface area contributed by atoms with Gasteiger partial charge in [-0.25, -0.2) is 4.79 Å². The second-order valence-electron chi connectivity index (χ2n) is 10.1. The van der Waals surface area contributed by atoms with Crippen LogP contribution in [-0.2, 0) is 22.4 Å². The molecule has 0 spiro atoms. The Morgan fingerprint density at radius 2 is 1.86 bits per heavy atom. The lowest BCUT2D eigenvalue weighted by atomic mass is 9.75. The molecular formula is C23H31NO3S. The van der Waals surface area contributed by atoms with Crippen molar-refractivity contribution in [3.63, 3.8) is 0 Å². The number of hydrogen-bond donors (Lipinski definition) is 1. The van der Waals surface area contributed by atoms with Crippen molar-refractivity contribution in [2.75, 3.05) is 11.9 Å². The van der Waals surface area contributed by atoms with Gasteiger partial charge in [-0.05, 0) is 87.0 Å². The molecule has 2 unspecified atom stereocenters. The first-order chi connectivity index (χ1) is 13.5. The first-order valence-corrected chi connectivity index (χ1v) is 11.9. The van der Waals surface area contributed by atoms with Gasteiger partial charge in [0.05, 0.1) is 17.6 Å². The molecule has 6 rings (SSSR count). The average Bonchev–Trinajstić information content (AvgIpc) is 3.23. The number of ether oxygens (including phenoxy) is 1. The molecule has 4 saturated carbocycles. The number of carbonyl (C=O) groups is 2. The topological polar surface area (TPSA) is 55.4 Å². The van der Waals surface area contributed by atoms with E-state index in [2.05, 4.69) is 5.32 Å². The van der Waals surface area contributed by atoms with Crippen molar-refractivity contribution >= 4 is 28.2 Å². The second-order valence-corrected chi connectivity index (χ2v) is 11.2. The van der Waals surface area contributed by atoms with E-state index in [1.54, 1.807) is 11.3 Å². The van der Waals surface area contributed by atoms with Gasteiger partial charge in [0.15, 0.2) is 0 Å². The molecule has 1 aromatic heterocycles. The number of fused-ring (bicyclic) bond motifs is 1. The Morgan fingerprint density at radius 1 is 1.14 bits per heavy atom. The summed E-state index contributed by atoms with van der Waals surface area (Å²) in [5.74, 6) is 2.28. The maximum absolute atomic E-state index is 13.5. The van der Waals surface area contributed by atoms with Crippen LogP contribution >= 0.6 is 11.3 Å². The number of hydrogen-bond acceptors (Lipinski definition) is 4. The highest BCUT2D eigenvalue weighted by Crippen LogP contribution is 2.65. The van der Waals surface area contributed by atoms with Crippen molar-refractivity contribution in [1.29, 1.82) is 0 Å². The number of nitrogens with one attached hydrogen (secondary N) is 1. The van der Waals surface area contributed by atoms with Gasteiger partial charge in [0.2, 0.25) is 5.91 Å². The van der Waals surface area contributed by atoms with Gasteiger partial charge in [-0.3, -0.25) is 4.79 Å². The predicted octanol–water partition coefficient (Wildman–Crippen LogP) is 5.20. The van der Waals surface area contributed by atoms with Crippen LogP contribution in [0.1, 0.15) is 79.6 Å². The smallest absolute Gasteiger partial charge is 0.341 e. The zero-order valence-corrected chi connectivity index (χ0v) is 17.8. The van der Waals surface area contributed by atoms with Crippen molar-refractivity contribution in [3.8, 4) is 0 Å². The number of carbonyl (C=O) groups excluding carboxylic acids is 2. The Balaban J connectivity index is 1.42. The lowest BCUT2D eigenvalue weighted by molar-refractivity contribution is -0.127. The zero-order valence-electron chi connectivity index (χ0n) is 17.0. The van der Waals surface area contributed by atoms with Crippen LogP contribution in [-0.4, -0.2) is 18.5 Å². The minimum absolute atomic E-state index is 0.169. The number of amides is 1. The van der Waals surface area contributed by atoms with Crippen LogP contribution in [0.2, 0.25) is 0 Å². The minimum Gasteiger partial charge on any atom is -0.462 e. The van der Waals surface area contributed by atoms with Crippen molar-refractivity contribution in [2.24, 2.45) is 29.1 Å². The van der Waals surface area contributed by atoms with Gasteiger partial charge in [0.1, 0.15) is 5.00 Å². The predicted molar refractivity (Wildman–Crippen MR) is 111 cm³/mol. The molecule has 28 heavy (non-hydrogen) atoms. The van der Waals surface area contributed by atoms with E-state index in [-0.39, 0.29) is 17.3 Å². The molecule has 0 aromatic carbocycles. The molecular weight excluding hydrogens is 370 g/mol. The Labute approximate surface area is 171 Å². The van der Waals surface area contributed by atoms with Gasteiger partial charge in [0, 0.05) is 4.88 Å². The monoisotopic (exact) mass is 401 g/mol. The van der Waals surface area contributed by atoms with E-state index < -0.39 is 0 Å². The normalized spacial score (nSPS) is 32.6. The fourth-order valence-corrected chi connectivity index (χ4v) is 7.85. The van der Waals surface area contributed by atoms with E-state index in [9.17, 15) is 9.59 Å². The number of aryl methyl sites for hydroxylation is 1. The van der Waals surface area contributed by atoms with Crippen LogP contribution in [0.25, 0.3) is 0 Å². The Morgan fingerprint density at radius 3 is 2.57 bits per heavy atom. The molecule has 1 amide bonds. The molecule has 0 aliphatic heterocycles. The molecule has 5 aliphatic carbocycles. The van der Waals surface area contributed by atoms with E-state index in [0.717, 1.165) is 60.9 Å². The van der Waals surface area contributed by atoms with Gasteiger partial charge >= 0.3 is 5.97 Å². The van der Waals surface area contributed by atoms with Crippen LogP contribution in [0.15, 0.2) is 0 Å². The van der Waals surface area contributed by atoms with Gasteiger partial charge in [-0.1, -0.05) is 13.8 Å². The third-order valence-electron chi connectivity index (χ3n) is 7.59. The van der Waals surface area contributed by atoms with Gasteiger partial charge < -0.3 is 10.1 Å². The van der Waals surface area contributed by atoms with Crippen LogP contribution in [0.3, 0.4) is 0 Å². The molecule has 5 heteroatoms. The summed E-state index contributed by atoms with van der Waals surface area (Å²) in [6.45, 7) is 4.51. The molecule has 1 aromatic rings. The number of thiophene rings is 1. The van der Waals surface area contributed by atoms with Crippen molar-refractivity contribution in [1.82, 2.24) is 0 Å². The van der Waals surface area contributed by atoms with Crippen LogP contribution in [0.4, 0.5) is 5.00 Å². The van der Waals surface area contributed by atoms with E-state index in [1.807, 2.05) is 13.8 Å². The molecule has 152 valence electrons. The number of anilines is 1. The summed E-state index contributed by atoms with van der Waals surface area (Å²) in [5, 5.41) is 4.02. The Kier molecular flexibility index (Phi) is 4.57. The quantitative estimate of drug-likeness (QED) is 0.690. The van der Waals surface area contributed by atoms with Gasteiger partial charge in [0.25, 0.3) is 0 Å². The molecule has 1 heterocycles. The summed E-state index contributed by atoms with van der Waals surface area (Å²) in [4.78, 5) is 27.7. The highest BCUT2D eigenvalue weighted by molar-refractivity contribution is 7.17. The van der Waals surface area contributed by atoms with E-state index in [0.29, 0.717) is 24.0 Å². The van der Waals surface area contributed by atoms with Crippen LogP contribution in [0, 0.1) is 29.1 Å². The number of rotatable bonds is 5. The first kappa shape index (κ1) is 18.7. The maximum Gasteiger partial charge on any atom is 0.341 e. The molecule has 0 radical (unpaired) electrons. The van der Waals surface area contributed by atoms with Gasteiger partial charge in [-0.2, -0.15) is 0 Å². The molecule has 0 saturated heterocycles. The summed E-state index contributed by atoms with van der Waals surface area (Å²) < 4.78 is 5.59.